The zero-order valence-corrected chi connectivity index (χ0v) is 25.7. The Morgan fingerprint density at radius 1 is 1.12 bits per heavy atom. The van der Waals surface area contributed by atoms with E-state index in [0.717, 1.165) is 56.9 Å². The van der Waals surface area contributed by atoms with Crippen LogP contribution in [0.25, 0.3) is 0 Å². The number of pyridine rings is 1. The summed E-state index contributed by atoms with van der Waals surface area (Å²) in [5.74, 6) is 1.61. The van der Waals surface area contributed by atoms with Gasteiger partial charge in [0.15, 0.2) is 11.6 Å². The molecule has 2 fully saturated rings. The first-order valence-electron chi connectivity index (χ1n) is 15.4. The first-order chi connectivity index (χ1) is 20.7. The number of hydrogen-bond donors (Lipinski definition) is 0. The molecule has 1 amide bonds. The van der Waals surface area contributed by atoms with E-state index in [9.17, 15) is 9.18 Å². The van der Waals surface area contributed by atoms with E-state index >= 15 is 0 Å². The van der Waals surface area contributed by atoms with Gasteiger partial charge < -0.3 is 19.3 Å². The average Bonchev–Trinajstić information content (AvgIpc) is 2.94. The van der Waals surface area contributed by atoms with E-state index in [4.69, 9.17) is 9.47 Å². The number of anilines is 1. The summed E-state index contributed by atoms with van der Waals surface area (Å²) in [6.07, 6.45) is 8.10. The Hall–Kier alpha value is -3.79. The number of carbonyl (C=O) groups is 1. The molecule has 1 saturated carbocycles. The number of fused-ring (bicyclic) bond motifs is 1. The number of carbonyl (C=O) groups excluding carboxylic acids is 1. The highest BCUT2D eigenvalue weighted by molar-refractivity contribution is 5.97. The lowest BCUT2D eigenvalue weighted by atomic mass is 9.61. The van der Waals surface area contributed by atoms with Crippen LogP contribution in [0.15, 0.2) is 43.0 Å². The van der Waals surface area contributed by atoms with Crippen LogP contribution < -0.4 is 14.4 Å². The van der Waals surface area contributed by atoms with Crippen LogP contribution in [-0.2, 0) is 13.0 Å². The highest BCUT2D eigenvalue weighted by Crippen LogP contribution is 2.52. The van der Waals surface area contributed by atoms with Gasteiger partial charge in [0.1, 0.15) is 29.7 Å². The maximum absolute atomic E-state index is 14.2. The normalized spacial score (nSPS) is 17.9. The molecule has 1 spiro atoms. The second kappa shape index (κ2) is 11.7. The van der Waals surface area contributed by atoms with Gasteiger partial charge in [-0.1, -0.05) is 0 Å². The Balaban J connectivity index is 1.10. The van der Waals surface area contributed by atoms with Crippen LogP contribution in [-0.4, -0.2) is 75.0 Å². The Morgan fingerprint density at radius 3 is 2.63 bits per heavy atom. The summed E-state index contributed by atoms with van der Waals surface area (Å²) in [5.41, 5.74) is 2.76. The third kappa shape index (κ3) is 5.77. The molecule has 6 rings (SSSR count). The lowest BCUT2D eigenvalue weighted by molar-refractivity contribution is -0.0351. The summed E-state index contributed by atoms with van der Waals surface area (Å²) in [7, 11) is 0. The molecule has 2 aliphatic heterocycles. The maximum atomic E-state index is 14.2. The molecule has 228 valence electrons. The fourth-order valence-electron chi connectivity index (χ4n) is 6.73. The predicted octanol–water partition coefficient (Wildman–Crippen LogP) is 5.49. The molecule has 0 unspecified atom stereocenters. The molecule has 2 aromatic heterocycles. The lowest BCUT2D eigenvalue weighted by Crippen LogP contribution is -2.65. The van der Waals surface area contributed by atoms with Gasteiger partial charge in [-0.2, -0.15) is 0 Å². The summed E-state index contributed by atoms with van der Waals surface area (Å²) in [4.78, 5) is 33.0. The van der Waals surface area contributed by atoms with Crippen LogP contribution in [0.2, 0.25) is 0 Å². The van der Waals surface area contributed by atoms with E-state index in [1.165, 1.54) is 30.1 Å². The lowest BCUT2D eigenvalue weighted by Gasteiger charge is -2.59. The molecule has 4 heterocycles. The topological polar surface area (TPSA) is 83.9 Å². The monoisotopic (exact) mass is 588 g/mol. The van der Waals surface area contributed by atoms with Crippen molar-refractivity contribution in [3.8, 4) is 17.2 Å². The van der Waals surface area contributed by atoms with E-state index in [1.807, 2.05) is 33.0 Å². The van der Waals surface area contributed by atoms with E-state index in [-0.39, 0.29) is 34.8 Å². The molecule has 3 aliphatic rings. The Labute approximate surface area is 253 Å². The maximum Gasteiger partial charge on any atom is 0.257 e. The van der Waals surface area contributed by atoms with Crippen molar-refractivity contribution in [2.75, 3.05) is 31.1 Å². The molecule has 10 heteroatoms. The van der Waals surface area contributed by atoms with Crippen molar-refractivity contribution < 1.29 is 18.7 Å². The molecule has 1 saturated heterocycles. The highest BCUT2D eigenvalue weighted by Gasteiger charge is 2.54. The van der Waals surface area contributed by atoms with Crippen molar-refractivity contribution in [2.45, 2.75) is 78.6 Å². The Kier molecular flexibility index (Phi) is 7.98. The fraction of sp³-hybridized carbons (Fsp3) is 0.515. The quantitative estimate of drug-likeness (QED) is 0.325. The third-order valence-corrected chi connectivity index (χ3v) is 9.08. The molecule has 0 N–H and O–H groups in total. The molecule has 43 heavy (non-hydrogen) atoms. The van der Waals surface area contributed by atoms with Crippen molar-refractivity contribution in [2.24, 2.45) is 5.41 Å². The number of amides is 1. The van der Waals surface area contributed by atoms with Crippen molar-refractivity contribution in [1.82, 2.24) is 24.8 Å². The third-order valence-electron chi connectivity index (χ3n) is 9.08. The molecule has 1 aliphatic carbocycles. The minimum absolute atomic E-state index is 0.0315. The first-order valence-corrected chi connectivity index (χ1v) is 15.4. The summed E-state index contributed by atoms with van der Waals surface area (Å²) >= 11 is 0. The molecule has 0 atom stereocenters. The van der Waals surface area contributed by atoms with E-state index in [0.29, 0.717) is 24.2 Å². The first kappa shape index (κ1) is 29.3. The second-order valence-electron chi connectivity index (χ2n) is 12.7. The Bertz CT molecular complexity index is 1480. The van der Waals surface area contributed by atoms with Crippen LogP contribution in [0, 0.1) is 11.2 Å². The van der Waals surface area contributed by atoms with Gasteiger partial charge in [-0.3, -0.25) is 14.7 Å². The van der Waals surface area contributed by atoms with Gasteiger partial charge in [0, 0.05) is 62.0 Å². The van der Waals surface area contributed by atoms with Gasteiger partial charge in [0.05, 0.1) is 17.5 Å². The molecule has 1 aromatic carbocycles. The SMILES string of the molecule is CCN(C(=O)c1cc(F)ccc1Oc1cncnc1N1CC2(CC(Oc3ccnc4c3CCN(C(C)C)C4)C2)C1)C(C)C. The molecule has 3 aromatic rings. The van der Waals surface area contributed by atoms with Gasteiger partial charge >= 0.3 is 0 Å². The number of benzene rings is 1. The van der Waals surface area contributed by atoms with Crippen LogP contribution in [0.3, 0.4) is 0 Å². The van der Waals surface area contributed by atoms with E-state index in [1.54, 1.807) is 11.1 Å². The number of nitrogens with zero attached hydrogens (tertiary/aromatic N) is 6. The Morgan fingerprint density at radius 2 is 1.91 bits per heavy atom. The van der Waals surface area contributed by atoms with Crippen LogP contribution in [0.4, 0.5) is 10.2 Å². The molecule has 9 nitrogen and oxygen atoms in total. The largest absolute Gasteiger partial charge is 0.490 e. The summed E-state index contributed by atoms with van der Waals surface area (Å²) in [5, 5.41) is 0. The zero-order valence-electron chi connectivity index (χ0n) is 25.7. The van der Waals surface area contributed by atoms with Crippen molar-refractivity contribution in [1.29, 1.82) is 0 Å². The van der Waals surface area contributed by atoms with Gasteiger partial charge in [-0.15, -0.1) is 0 Å². The fourth-order valence-corrected chi connectivity index (χ4v) is 6.73. The average molecular weight is 589 g/mol. The number of aromatic nitrogens is 3. The van der Waals surface area contributed by atoms with Crippen molar-refractivity contribution in [3.63, 3.8) is 0 Å². The van der Waals surface area contributed by atoms with Crippen LogP contribution in [0.5, 0.6) is 17.2 Å². The second-order valence-corrected chi connectivity index (χ2v) is 12.7. The highest BCUT2D eigenvalue weighted by atomic mass is 19.1. The molecular formula is C33H41FN6O3. The van der Waals surface area contributed by atoms with Crippen LogP contribution in [0.1, 0.15) is 69.1 Å². The number of ether oxygens (including phenoxy) is 2. The number of hydrogen-bond acceptors (Lipinski definition) is 8. The smallest absolute Gasteiger partial charge is 0.257 e. The summed E-state index contributed by atoms with van der Waals surface area (Å²) in [6.45, 7) is 14.3. The molecule has 0 bridgehead atoms. The van der Waals surface area contributed by atoms with Gasteiger partial charge in [0.25, 0.3) is 5.91 Å². The summed E-state index contributed by atoms with van der Waals surface area (Å²) < 4.78 is 27.0. The zero-order chi connectivity index (χ0) is 30.3. The standard InChI is InChI=1S/C33H41FN6O3/c1-6-40(22(4)5)32(41)26-13-23(34)7-8-28(26)43-30-16-35-20-37-31(30)39-18-33(19-39)14-24(15-33)42-29-9-11-36-27-17-38(21(2)3)12-10-25(27)29/h7-9,11,13,16,20-22,24H,6,10,12,14-15,17-19H2,1-5H3. The molecular weight excluding hydrogens is 547 g/mol. The minimum atomic E-state index is -0.490. The predicted molar refractivity (Wildman–Crippen MR) is 162 cm³/mol. The van der Waals surface area contributed by atoms with Crippen molar-refractivity contribution >= 4 is 11.7 Å². The molecule has 0 radical (unpaired) electrons. The van der Waals surface area contributed by atoms with Crippen molar-refractivity contribution in [3.05, 3.63) is 65.6 Å². The van der Waals surface area contributed by atoms with E-state index in [2.05, 4.69) is 38.6 Å². The van der Waals surface area contributed by atoms with E-state index < -0.39 is 5.82 Å². The van der Waals surface area contributed by atoms with Gasteiger partial charge in [0.2, 0.25) is 0 Å². The number of halogens is 1. The number of rotatable bonds is 9. The van der Waals surface area contributed by atoms with Gasteiger partial charge in [-0.05, 0) is 78.1 Å². The van der Waals surface area contributed by atoms with Crippen LogP contribution >= 0.6 is 0 Å². The summed E-state index contributed by atoms with van der Waals surface area (Å²) in [6, 6.07) is 6.52. The minimum Gasteiger partial charge on any atom is -0.490 e. The van der Waals surface area contributed by atoms with Gasteiger partial charge in [-0.25, -0.2) is 14.4 Å².